The smallest absolute Gasteiger partial charge is 0.338 e. The molecule has 4 aromatic rings. The molecule has 1 aliphatic heterocycles. The fourth-order valence-corrected chi connectivity index (χ4v) is 5.57. The summed E-state index contributed by atoms with van der Waals surface area (Å²) in [5.74, 6) is 0.213. The highest BCUT2D eigenvalue weighted by Gasteiger charge is 2.33. The van der Waals surface area contributed by atoms with Gasteiger partial charge in [-0.1, -0.05) is 89.7 Å². The van der Waals surface area contributed by atoms with Crippen molar-refractivity contribution < 1.29 is 14.3 Å². The number of carbonyl (C=O) groups is 1. The molecule has 1 aromatic heterocycles. The largest absolute Gasteiger partial charge is 0.488 e. The molecule has 7 heteroatoms. The van der Waals surface area contributed by atoms with Crippen molar-refractivity contribution in [1.29, 1.82) is 0 Å². The van der Waals surface area contributed by atoms with Crippen LogP contribution in [0, 0.1) is 6.92 Å². The topological polar surface area (TPSA) is 69.9 Å². The van der Waals surface area contributed by atoms with Crippen molar-refractivity contribution in [1.82, 2.24) is 4.57 Å². The molecule has 39 heavy (non-hydrogen) atoms. The van der Waals surface area contributed by atoms with Gasteiger partial charge in [-0.3, -0.25) is 9.36 Å². The molecule has 1 atom stereocenters. The Labute approximate surface area is 231 Å². The zero-order chi connectivity index (χ0) is 27.5. The van der Waals surface area contributed by atoms with Gasteiger partial charge in [0.25, 0.3) is 5.56 Å². The molecular formula is C32H30N2O4S. The van der Waals surface area contributed by atoms with Crippen LogP contribution in [0.1, 0.15) is 49.1 Å². The molecule has 1 unspecified atom stereocenters. The molecule has 0 aliphatic carbocycles. The van der Waals surface area contributed by atoms with E-state index in [-0.39, 0.29) is 11.7 Å². The van der Waals surface area contributed by atoms with E-state index in [2.05, 4.69) is 24.0 Å². The van der Waals surface area contributed by atoms with E-state index in [1.165, 1.54) is 16.9 Å². The first kappa shape index (κ1) is 26.4. The Balaban J connectivity index is 1.58. The second-order valence-electron chi connectivity index (χ2n) is 9.76. The normalized spacial score (nSPS) is 15.2. The van der Waals surface area contributed by atoms with Gasteiger partial charge in [0, 0.05) is 5.56 Å². The van der Waals surface area contributed by atoms with Gasteiger partial charge in [-0.25, -0.2) is 9.79 Å². The number of carbonyl (C=O) groups excluding carboxylic acids is 1. The van der Waals surface area contributed by atoms with Crippen molar-refractivity contribution in [2.45, 2.75) is 46.4 Å². The number of nitrogens with zero attached hydrogens (tertiary/aromatic N) is 2. The molecule has 0 saturated carbocycles. The van der Waals surface area contributed by atoms with Gasteiger partial charge in [-0.05, 0) is 51.0 Å². The number of aryl methyl sites for hydroxylation is 1. The zero-order valence-electron chi connectivity index (χ0n) is 22.4. The molecule has 2 heterocycles. The van der Waals surface area contributed by atoms with E-state index >= 15 is 0 Å². The number of fused-ring (bicyclic) bond motifs is 1. The summed E-state index contributed by atoms with van der Waals surface area (Å²) in [5.41, 5.74) is 4.56. The first-order valence-corrected chi connectivity index (χ1v) is 13.7. The zero-order valence-corrected chi connectivity index (χ0v) is 23.2. The van der Waals surface area contributed by atoms with Crippen LogP contribution in [0.4, 0.5) is 0 Å². The first-order valence-electron chi connectivity index (χ1n) is 12.9. The number of allylic oxidation sites excluding steroid dienone is 1. The maximum atomic E-state index is 13.9. The van der Waals surface area contributed by atoms with E-state index in [0.717, 1.165) is 16.7 Å². The number of aromatic nitrogens is 1. The van der Waals surface area contributed by atoms with E-state index in [1.807, 2.05) is 72.8 Å². The van der Waals surface area contributed by atoms with Crippen molar-refractivity contribution in [2.75, 3.05) is 0 Å². The maximum Gasteiger partial charge on any atom is 0.338 e. The van der Waals surface area contributed by atoms with Crippen LogP contribution in [0.15, 0.2) is 99.9 Å². The van der Waals surface area contributed by atoms with Gasteiger partial charge in [-0.15, -0.1) is 0 Å². The van der Waals surface area contributed by atoms with Crippen LogP contribution in [0.3, 0.4) is 0 Å². The van der Waals surface area contributed by atoms with Crippen LogP contribution in [0.5, 0.6) is 5.75 Å². The lowest BCUT2D eigenvalue weighted by Gasteiger charge is -2.25. The molecular weight excluding hydrogens is 508 g/mol. The summed E-state index contributed by atoms with van der Waals surface area (Å²) in [6.45, 7) is 7.87. The van der Waals surface area contributed by atoms with Crippen LogP contribution in [-0.2, 0) is 16.1 Å². The van der Waals surface area contributed by atoms with Crippen LogP contribution >= 0.6 is 11.3 Å². The minimum atomic E-state index is -0.635. The highest BCUT2D eigenvalue weighted by molar-refractivity contribution is 7.07. The SMILES string of the molecule is CC1=C(C(=O)OC(C)C)C(c2ccccc2)n2c(sc(=Cc3ccccc3OCc3ccc(C)cc3)c2=O)=N1. The average molecular weight is 539 g/mol. The molecule has 0 N–H and O–H groups in total. The number of rotatable bonds is 7. The van der Waals surface area contributed by atoms with E-state index in [9.17, 15) is 9.59 Å². The average Bonchev–Trinajstić information content (AvgIpc) is 3.22. The fourth-order valence-electron chi connectivity index (χ4n) is 4.53. The van der Waals surface area contributed by atoms with Crippen LogP contribution in [0.2, 0.25) is 0 Å². The number of ether oxygens (including phenoxy) is 2. The number of hydrogen-bond donors (Lipinski definition) is 0. The van der Waals surface area contributed by atoms with Gasteiger partial charge in [0.1, 0.15) is 12.4 Å². The Morgan fingerprint density at radius 1 is 1.00 bits per heavy atom. The molecule has 0 amide bonds. The summed E-state index contributed by atoms with van der Waals surface area (Å²) in [6, 6.07) is 24.7. The number of esters is 1. The lowest BCUT2D eigenvalue weighted by Crippen LogP contribution is -2.40. The van der Waals surface area contributed by atoms with E-state index < -0.39 is 12.0 Å². The summed E-state index contributed by atoms with van der Waals surface area (Å²) in [4.78, 5) is 32.3. The third kappa shape index (κ3) is 5.64. The number of benzene rings is 3. The molecule has 0 bridgehead atoms. The summed E-state index contributed by atoms with van der Waals surface area (Å²) < 4.78 is 13.8. The standard InChI is InChI=1S/C32H30N2O4S/c1-20(2)38-31(36)28-22(4)33-32-34(29(28)24-10-6-5-7-11-24)30(35)27(39-32)18-25-12-8-9-13-26(25)37-19-23-16-14-21(3)15-17-23/h5-18,20,29H,19H2,1-4H3. The van der Waals surface area contributed by atoms with Crippen molar-refractivity contribution in [3.8, 4) is 5.75 Å². The number of thiazole rings is 1. The highest BCUT2D eigenvalue weighted by atomic mass is 32.1. The minimum Gasteiger partial charge on any atom is -0.488 e. The summed E-state index contributed by atoms with van der Waals surface area (Å²) in [5, 5.41) is 0. The van der Waals surface area contributed by atoms with Crippen molar-refractivity contribution in [2.24, 2.45) is 4.99 Å². The molecule has 0 fully saturated rings. The van der Waals surface area contributed by atoms with E-state index in [4.69, 9.17) is 9.47 Å². The Morgan fingerprint density at radius 3 is 2.41 bits per heavy atom. The monoisotopic (exact) mass is 538 g/mol. The second kappa shape index (κ2) is 11.3. The quantitative estimate of drug-likeness (QED) is 0.308. The van der Waals surface area contributed by atoms with E-state index in [0.29, 0.717) is 33.0 Å². The van der Waals surface area contributed by atoms with Gasteiger partial charge in [0.15, 0.2) is 4.80 Å². The number of para-hydroxylation sites is 1. The lowest BCUT2D eigenvalue weighted by molar-refractivity contribution is -0.143. The third-order valence-corrected chi connectivity index (χ3v) is 7.40. The van der Waals surface area contributed by atoms with Crippen molar-refractivity contribution in [3.63, 3.8) is 0 Å². The minimum absolute atomic E-state index is 0.219. The molecule has 0 radical (unpaired) electrons. The van der Waals surface area contributed by atoms with Crippen molar-refractivity contribution in [3.05, 3.63) is 132 Å². The molecule has 3 aromatic carbocycles. The van der Waals surface area contributed by atoms with Crippen molar-refractivity contribution >= 4 is 23.4 Å². The first-order chi connectivity index (χ1) is 18.8. The van der Waals surface area contributed by atoms with Crippen LogP contribution in [-0.4, -0.2) is 16.6 Å². The Bertz CT molecular complexity index is 1710. The Hall–Kier alpha value is -4.23. The molecule has 0 saturated heterocycles. The summed E-state index contributed by atoms with van der Waals surface area (Å²) >= 11 is 1.30. The van der Waals surface area contributed by atoms with E-state index in [1.54, 1.807) is 25.3 Å². The maximum absolute atomic E-state index is 13.9. The predicted octanol–water partition coefficient (Wildman–Crippen LogP) is 5.07. The molecule has 5 rings (SSSR count). The molecule has 1 aliphatic rings. The Morgan fingerprint density at radius 2 is 1.69 bits per heavy atom. The van der Waals surface area contributed by atoms with Crippen LogP contribution < -0.4 is 19.6 Å². The van der Waals surface area contributed by atoms with Crippen LogP contribution in [0.25, 0.3) is 6.08 Å². The molecule has 0 spiro atoms. The lowest BCUT2D eigenvalue weighted by atomic mass is 9.96. The van der Waals surface area contributed by atoms with Gasteiger partial charge in [0.2, 0.25) is 0 Å². The Kier molecular flexibility index (Phi) is 7.61. The van der Waals surface area contributed by atoms with Gasteiger partial charge < -0.3 is 9.47 Å². The second-order valence-corrected chi connectivity index (χ2v) is 10.8. The van der Waals surface area contributed by atoms with Gasteiger partial charge in [-0.2, -0.15) is 0 Å². The predicted molar refractivity (Wildman–Crippen MR) is 153 cm³/mol. The van der Waals surface area contributed by atoms with Gasteiger partial charge >= 0.3 is 5.97 Å². The summed E-state index contributed by atoms with van der Waals surface area (Å²) in [7, 11) is 0. The summed E-state index contributed by atoms with van der Waals surface area (Å²) in [6.07, 6.45) is 1.54. The third-order valence-electron chi connectivity index (χ3n) is 6.42. The number of hydrogen-bond acceptors (Lipinski definition) is 6. The molecule has 198 valence electrons. The van der Waals surface area contributed by atoms with Gasteiger partial charge in [0.05, 0.1) is 27.9 Å². The fraction of sp³-hybridized carbons (Fsp3) is 0.219. The molecule has 6 nitrogen and oxygen atoms in total. The highest BCUT2D eigenvalue weighted by Crippen LogP contribution is 2.31.